The molecular weight excluding hydrogens is 636 g/mol. The average Bonchev–Trinajstić information content (AvgIpc) is 3.13. The number of aromatic nitrogens is 1. The van der Waals surface area contributed by atoms with Crippen molar-refractivity contribution in [3.63, 3.8) is 0 Å². The minimum Gasteiger partial charge on any atom is -0.448 e. The molecule has 1 saturated heterocycles. The fraction of sp³-hybridized carbons (Fsp3) is 0.500. The number of carbonyl (C=O) groups is 4. The predicted molar refractivity (Wildman–Crippen MR) is 189 cm³/mol. The van der Waals surface area contributed by atoms with Crippen LogP contribution in [0.3, 0.4) is 0 Å². The van der Waals surface area contributed by atoms with Crippen LogP contribution in [0.25, 0.3) is 10.9 Å². The zero-order valence-corrected chi connectivity index (χ0v) is 28.8. The van der Waals surface area contributed by atoms with Crippen molar-refractivity contribution in [2.45, 2.75) is 70.4 Å². The van der Waals surface area contributed by atoms with Crippen molar-refractivity contribution in [1.29, 1.82) is 0 Å². The molecule has 1 aliphatic heterocycles. The topological polar surface area (TPSA) is 167 Å². The molecule has 1 saturated carbocycles. The van der Waals surface area contributed by atoms with Crippen molar-refractivity contribution in [3.05, 3.63) is 78.0 Å². The minimum absolute atomic E-state index is 0.0945. The largest absolute Gasteiger partial charge is 0.448 e. The van der Waals surface area contributed by atoms with Gasteiger partial charge in [0, 0.05) is 43.6 Å². The number of hydrazine groups is 1. The highest BCUT2D eigenvalue weighted by Crippen LogP contribution is 2.36. The summed E-state index contributed by atoms with van der Waals surface area (Å²) in [5.41, 5.74) is 7.18. The lowest BCUT2D eigenvalue weighted by Gasteiger charge is -2.48. The van der Waals surface area contributed by atoms with Crippen LogP contribution in [0.15, 0.2) is 66.7 Å². The lowest BCUT2D eigenvalue weighted by molar-refractivity contribution is -0.128. The van der Waals surface area contributed by atoms with Crippen LogP contribution in [0.4, 0.5) is 4.79 Å². The van der Waals surface area contributed by atoms with E-state index in [0.29, 0.717) is 43.5 Å². The smallest absolute Gasteiger partial charge is 0.424 e. The maximum Gasteiger partial charge on any atom is 0.424 e. The van der Waals surface area contributed by atoms with Crippen LogP contribution < -0.4 is 16.4 Å². The molecule has 1 aromatic heterocycles. The van der Waals surface area contributed by atoms with Crippen molar-refractivity contribution in [2.24, 2.45) is 23.5 Å². The fourth-order valence-electron chi connectivity index (χ4n) is 7.12. The Morgan fingerprint density at radius 3 is 2.40 bits per heavy atom. The number of carbonyl (C=O) groups excluding carboxylic acids is 4. The van der Waals surface area contributed by atoms with Crippen molar-refractivity contribution < 1.29 is 29.0 Å². The number of hydrogen-bond donors (Lipinski definition) is 4. The summed E-state index contributed by atoms with van der Waals surface area (Å²) in [5, 5.41) is 21.1. The van der Waals surface area contributed by atoms with Gasteiger partial charge in [-0.3, -0.25) is 14.4 Å². The number of nitrogens with zero attached hydrogens (tertiary/aromatic N) is 3. The highest BCUT2D eigenvalue weighted by atomic mass is 16.6. The van der Waals surface area contributed by atoms with Crippen LogP contribution >= 0.6 is 0 Å². The van der Waals surface area contributed by atoms with E-state index in [4.69, 9.17) is 10.5 Å². The first-order valence-corrected chi connectivity index (χ1v) is 17.8. The normalized spacial score (nSPS) is 19.5. The molecule has 0 spiro atoms. The summed E-state index contributed by atoms with van der Waals surface area (Å²) in [4.78, 5) is 57.2. The first-order chi connectivity index (χ1) is 24.2. The van der Waals surface area contributed by atoms with Gasteiger partial charge in [0.2, 0.25) is 11.8 Å². The number of fused-ring (bicyclic) bond motifs is 2. The Bertz CT molecular complexity index is 1600. The molecule has 5 atom stereocenters. The fourth-order valence-corrected chi connectivity index (χ4v) is 7.12. The van der Waals surface area contributed by atoms with Crippen LogP contribution in [0, 0.1) is 17.8 Å². The summed E-state index contributed by atoms with van der Waals surface area (Å²) < 4.78 is 5.66. The van der Waals surface area contributed by atoms with Gasteiger partial charge in [-0.15, -0.1) is 0 Å². The Morgan fingerprint density at radius 2 is 1.68 bits per heavy atom. The van der Waals surface area contributed by atoms with Crippen LogP contribution in [-0.2, 0) is 20.7 Å². The average molecular weight is 687 g/mol. The number of aliphatic hydroxyl groups excluding tert-OH is 1. The molecule has 4 amide bonds. The van der Waals surface area contributed by atoms with Crippen LogP contribution in [0.2, 0.25) is 0 Å². The van der Waals surface area contributed by atoms with Crippen molar-refractivity contribution in [3.8, 4) is 0 Å². The molecule has 5 rings (SSSR count). The molecular formula is C38H50N6O6. The Morgan fingerprint density at radius 1 is 0.960 bits per heavy atom. The zero-order chi connectivity index (χ0) is 35.5. The molecule has 2 aliphatic rings. The SMILES string of the molecule is CCCCOC(=O)N1C[C@@H]2CCCC[C@@H]2CN1CC(CO)[C@H](Cc1ccccc1)NC(=O)[C@@H](CC(N)=O)NC(=O)c1ccc2ccccc2n1. The number of benzene rings is 2. The summed E-state index contributed by atoms with van der Waals surface area (Å²) >= 11 is 0. The third-order valence-corrected chi connectivity index (χ3v) is 9.93. The van der Waals surface area contributed by atoms with E-state index in [0.717, 1.165) is 49.5 Å². The van der Waals surface area contributed by atoms with Crippen LogP contribution in [0.5, 0.6) is 0 Å². The number of amides is 4. The van der Waals surface area contributed by atoms with Crippen molar-refractivity contribution in [2.75, 3.05) is 32.8 Å². The second kappa shape index (κ2) is 17.9. The molecule has 2 aromatic carbocycles. The molecule has 12 heteroatoms. The first-order valence-electron chi connectivity index (χ1n) is 17.8. The molecule has 1 unspecified atom stereocenters. The second-order valence-corrected chi connectivity index (χ2v) is 13.6. The number of ether oxygens (including phenoxy) is 1. The number of unbranched alkanes of at least 4 members (excludes halogenated alkanes) is 1. The molecule has 268 valence electrons. The molecule has 2 fully saturated rings. The Hall–Kier alpha value is -4.55. The quantitative estimate of drug-likeness (QED) is 0.175. The highest BCUT2D eigenvalue weighted by Gasteiger charge is 2.40. The molecule has 3 aromatic rings. The van der Waals surface area contributed by atoms with E-state index in [-0.39, 0.29) is 18.8 Å². The number of rotatable bonds is 15. The van der Waals surface area contributed by atoms with Gasteiger partial charge in [-0.25, -0.2) is 19.8 Å². The number of primary amides is 1. The summed E-state index contributed by atoms with van der Waals surface area (Å²) in [6, 6.07) is 18.3. The minimum atomic E-state index is -1.28. The molecule has 0 radical (unpaired) electrons. The van der Waals surface area contributed by atoms with Crippen molar-refractivity contribution >= 4 is 34.7 Å². The monoisotopic (exact) mass is 686 g/mol. The van der Waals surface area contributed by atoms with E-state index in [1.165, 1.54) is 0 Å². The third kappa shape index (κ3) is 9.79. The van der Waals surface area contributed by atoms with E-state index in [2.05, 4.69) is 15.6 Å². The molecule has 12 nitrogen and oxygen atoms in total. The van der Waals surface area contributed by atoms with Crippen molar-refractivity contribution in [1.82, 2.24) is 25.6 Å². The summed E-state index contributed by atoms with van der Waals surface area (Å²) in [7, 11) is 0. The zero-order valence-electron chi connectivity index (χ0n) is 28.8. The molecule has 50 heavy (non-hydrogen) atoms. The van der Waals surface area contributed by atoms with Gasteiger partial charge < -0.3 is 26.2 Å². The van der Waals surface area contributed by atoms with Gasteiger partial charge in [-0.1, -0.05) is 80.8 Å². The molecule has 0 bridgehead atoms. The Labute approximate surface area is 293 Å². The predicted octanol–water partition coefficient (Wildman–Crippen LogP) is 3.82. The number of nitrogens with two attached hydrogens (primary N) is 1. The maximum absolute atomic E-state index is 13.9. The van der Waals surface area contributed by atoms with Gasteiger partial charge in [0.25, 0.3) is 5.91 Å². The Kier molecular flexibility index (Phi) is 13.2. The number of pyridine rings is 1. The lowest BCUT2D eigenvalue weighted by atomic mass is 9.77. The van der Waals surface area contributed by atoms with E-state index >= 15 is 0 Å². The van der Waals surface area contributed by atoms with Crippen LogP contribution in [0.1, 0.15) is 67.9 Å². The standard InChI is InChI=1S/C38H50N6O6/c1-2-3-19-50-38(49)44-24-29-15-8-7-14-28(29)22-43(44)23-30(25-45)33(20-26-11-5-4-6-12-26)41-37(48)34(21-35(39)46)42-36(47)32-18-17-27-13-9-10-16-31(27)40-32/h4-6,9-13,16-18,28-30,33-34,45H,2-3,7-8,14-15,19-25H2,1H3,(H2,39,46)(H,41,48)(H,42,47)/t28-,29+,30?,33+,34-/m1/s1. The number of aliphatic hydroxyl groups is 1. The Balaban J connectivity index is 1.36. The van der Waals surface area contributed by atoms with E-state index in [1.807, 2.05) is 60.5 Å². The van der Waals surface area contributed by atoms with Gasteiger partial charge in [-0.05, 0) is 55.2 Å². The van der Waals surface area contributed by atoms with E-state index < -0.39 is 48.2 Å². The number of hydrogen-bond acceptors (Lipinski definition) is 8. The first kappa shape index (κ1) is 36.7. The second-order valence-electron chi connectivity index (χ2n) is 13.6. The molecule has 2 heterocycles. The highest BCUT2D eigenvalue weighted by molar-refractivity contribution is 5.99. The maximum atomic E-state index is 13.9. The third-order valence-electron chi connectivity index (χ3n) is 9.93. The van der Waals surface area contributed by atoms with E-state index in [9.17, 15) is 24.3 Å². The summed E-state index contributed by atoms with van der Waals surface area (Å²) in [6.07, 6.45) is 5.65. The summed E-state index contributed by atoms with van der Waals surface area (Å²) in [5.74, 6) is -1.70. The number of para-hydroxylation sites is 1. The number of nitrogens with one attached hydrogen (secondary N) is 2. The van der Waals surface area contributed by atoms with Gasteiger partial charge in [-0.2, -0.15) is 0 Å². The summed E-state index contributed by atoms with van der Waals surface area (Å²) in [6.45, 7) is 3.59. The molecule has 1 aliphatic carbocycles. The molecule has 5 N–H and O–H groups in total. The van der Waals surface area contributed by atoms with E-state index in [1.54, 1.807) is 23.2 Å². The van der Waals surface area contributed by atoms with Gasteiger partial charge in [0.15, 0.2) is 0 Å². The van der Waals surface area contributed by atoms with Gasteiger partial charge >= 0.3 is 6.09 Å². The van der Waals surface area contributed by atoms with Crippen LogP contribution in [-0.4, -0.2) is 88.9 Å². The van der Waals surface area contributed by atoms with Gasteiger partial charge in [0.1, 0.15) is 11.7 Å². The lowest BCUT2D eigenvalue weighted by Crippen LogP contribution is -2.60. The van der Waals surface area contributed by atoms with Gasteiger partial charge in [0.05, 0.1) is 18.5 Å².